The molecule has 1 unspecified atom stereocenters. The molecule has 1 N–H and O–H groups in total. The number of aliphatic hydroxyl groups excluding tert-OH is 1. The standard InChI is InChI=1S/C15H20ClN3O/c1-4-11-15(16)13(19(5-2)18-11)8-14(20)12-7-6-10(3)9-17-12/h6-7,9,14,20H,4-5,8H2,1-3H3. The zero-order valence-electron chi connectivity index (χ0n) is 12.1. The van der Waals surface area contributed by atoms with Gasteiger partial charge in [-0.25, -0.2) is 0 Å². The van der Waals surface area contributed by atoms with E-state index in [1.807, 2.05) is 37.6 Å². The van der Waals surface area contributed by atoms with Crippen LogP contribution in [0.3, 0.4) is 0 Å². The molecule has 0 fully saturated rings. The number of aromatic nitrogens is 3. The fourth-order valence-electron chi connectivity index (χ4n) is 2.18. The minimum Gasteiger partial charge on any atom is -0.386 e. The van der Waals surface area contributed by atoms with E-state index in [0.717, 1.165) is 29.9 Å². The van der Waals surface area contributed by atoms with Gasteiger partial charge in [0, 0.05) is 19.2 Å². The van der Waals surface area contributed by atoms with Crippen LogP contribution in [-0.4, -0.2) is 19.9 Å². The summed E-state index contributed by atoms with van der Waals surface area (Å²) >= 11 is 6.35. The van der Waals surface area contributed by atoms with Crippen molar-refractivity contribution >= 4 is 11.6 Å². The maximum Gasteiger partial charge on any atom is 0.101 e. The molecule has 2 heterocycles. The van der Waals surface area contributed by atoms with E-state index in [1.54, 1.807) is 6.20 Å². The normalized spacial score (nSPS) is 12.7. The molecule has 108 valence electrons. The molecule has 0 radical (unpaired) electrons. The van der Waals surface area contributed by atoms with Gasteiger partial charge in [0.25, 0.3) is 0 Å². The zero-order valence-corrected chi connectivity index (χ0v) is 12.9. The third-order valence-corrected chi connectivity index (χ3v) is 3.79. The molecular formula is C15H20ClN3O. The summed E-state index contributed by atoms with van der Waals surface area (Å²) in [5.41, 5.74) is 3.49. The van der Waals surface area contributed by atoms with Gasteiger partial charge in [-0.15, -0.1) is 0 Å². The first-order valence-corrected chi connectivity index (χ1v) is 7.29. The predicted octanol–water partition coefficient (Wildman–Crippen LogP) is 3.10. The smallest absolute Gasteiger partial charge is 0.101 e. The van der Waals surface area contributed by atoms with Crippen LogP contribution < -0.4 is 0 Å². The molecule has 0 bridgehead atoms. The van der Waals surface area contributed by atoms with E-state index in [2.05, 4.69) is 10.1 Å². The number of aliphatic hydroxyl groups is 1. The third kappa shape index (κ3) is 3.02. The highest BCUT2D eigenvalue weighted by molar-refractivity contribution is 6.31. The lowest BCUT2D eigenvalue weighted by Crippen LogP contribution is -2.10. The summed E-state index contributed by atoms with van der Waals surface area (Å²) in [4.78, 5) is 4.26. The molecule has 0 spiro atoms. The second kappa shape index (κ2) is 6.37. The van der Waals surface area contributed by atoms with E-state index < -0.39 is 6.10 Å². The van der Waals surface area contributed by atoms with Gasteiger partial charge in [-0.2, -0.15) is 5.10 Å². The first-order valence-electron chi connectivity index (χ1n) is 6.91. The second-order valence-electron chi connectivity index (χ2n) is 4.86. The third-order valence-electron chi connectivity index (χ3n) is 3.36. The Morgan fingerprint density at radius 3 is 2.65 bits per heavy atom. The molecule has 0 aliphatic rings. The van der Waals surface area contributed by atoms with Crippen LogP contribution in [0.1, 0.15) is 42.6 Å². The van der Waals surface area contributed by atoms with E-state index in [1.165, 1.54) is 0 Å². The summed E-state index contributed by atoms with van der Waals surface area (Å²) < 4.78 is 1.86. The van der Waals surface area contributed by atoms with E-state index in [4.69, 9.17) is 11.6 Å². The van der Waals surface area contributed by atoms with Crippen LogP contribution in [0.15, 0.2) is 18.3 Å². The molecule has 4 nitrogen and oxygen atoms in total. The molecule has 0 saturated heterocycles. The van der Waals surface area contributed by atoms with Crippen LogP contribution in [0.25, 0.3) is 0 Å². The molecule has 2 rings (SSSR count). The summed E-state index contributed by atoms with van der Waals surface area (Å²) in [6.45, 7) is 6.75. The Hall–Kier alpha value is -1.39. The van der Waals surface area contributed by atoms with Gasteiger partial charge < -0.3 is 5.11 Å². The van der Waals surface area contributed by atoms with Gasteiger partial charge in [0.1, 0.15) is 6.10 Å². The number of pyridine rings is 1. The molecule has 0 aromatic carbocycles. The fraction of sp³-hybridized carbons (Fsp3) is 0.467. The molecule has 2 aromatic heterocycles. The lowest BCUT2D eigenvalue weighted by Gasteiger charge is -2.12. The largest absolute Gasteiger partial charge is 0.386 e. The second-order valence-corrected chi connectivity index (χ2v) is 5.23. The van der Waals surface area contributed by atoms with Gasteiger partial charge in [0.05, 0.1) is 22.1 Å². The molecule has 1 atom stereocenters. The van der Waals surface area contributed by atoms with Crippen molar-refractivity contribution in [1.82, 2.24) is 14.8 Å². The summed E-state index contributed by atoms with van der Waals surface area (Å²) in [6.07, 6.45) is 2.31. The maximum atomic E-state index is 10.3. The molecule has 20 heavy (non-hydrogen) atoms. The Labute approximate surface area is 124 Å². The highest BCUT2D eigenvalue weighted by Crippen LogP contribution is 2.26. The van der Waals surface area contributed by atoms with Crippen LogP contribution >= 0.6 is 11.6 Å². The number of hydrogen-bond donors (Lipinski definition) is 1. The summed E-state index contributed by atoms with van der Waals surface area (Å²) in [7, 11) is 0. The van der Waals surface area contributed by atoms with Gasteiger partial charge in [-0.3, -0.25) is 9.67 Å². The number of nitrogens with zero attached hydrogens (tertiary/aromatic N) is 3. The van der Waals surface area contributed by atoms with Crippen LogP contribution in [0.5, 0.6) is 0 Å². The minimum atomic E-state index is -0.667. The topological polar surface area (TPSA) is 50.9 Å². The Balaban J connectivity index is 2.25. The maximum absolute atomic E-state index is 10.3. The van der Waals surface area contributed by atoms with Crippen LogP contribution in [-0.2, 0) is 19.4 Å². The van der Waals surface area contributed by atoms with Gasteiger partial charge in [0.2, 0.25) is 0 Å². The fourth-order valence-corrected chi connectivity index (χ4v) is 2.52. The van der Waals surface area contributed by atoms with Crippen molar-refractivity contribution in [1.29, 1.82) is 0 Å². The van der Waals surface area contributed by atoms with E-state index in [0.29, 0.717) is 17.1 Å². The van der Waals surface area contributed by atoms with Crippen molar-refractivity contribution in [2.24, 2.45) is 0 Å². The highest BCUT2D eigenvalue weighted by Gasteiger charge is 2.19. The van der Waals surface area contributed by atoms with Gasteiger partial charge in [0.15, 0.2) is 0 Å². The average Bonchev–Trinajstić information content (AvgIpc) is 2.76. The summed E-state index contributed by atoms with van der Waals surface area (Å²) in [6, 6.07) is 3.79. The SMILES string of the molecule is CCc1nn(CC)c(CC(O)c2ccc(C)cn2)c1Cl. The molecule has 0 aliphatic carbocycles. The molecule has 5 heteroatoms. The predicted molar refractivity (Wildman–Crippen MR) is 79.9 cm³/mol. The summed E-state index contributed by atoms with van der Waals surface area (Å²) in [5.74, 6) is 0. The molecular weight excluding hydrogens is 274 g/mol. The number of hydrogen-bond acceptors (Lipinski definition) is 3. The Bertz CT molecular complexity index is 578. The van der Waals surface area contributed by atoms with Crippen LogP contribution in [0.4, 0.5) is 0 Å². The van der Waals surface area contributed by atoms with Crippen molar-refractivity contribution in [3.8, 4) is 0 Å². The lowest BCUT2D eigenvalue weighted by molar-refractivity contribution is 0.170. The minimum absolute atomic E-state index is 0.426. The monoisotopic (exact) mass is 293 g/mol. The first-order chi connectivity index (χ1) is 9.56. The van der Waals surface area contributed by atoms with Crippen molar-refractivity contribution in [2.45, 2.75) is 46.3 Å². The van der Waals surface area contributed by atoms with Crippen molar-refractivity contribution < 1.29 is 5.11 Å². The highest BCUT2D eigenvalue weighted by atomic mass is 35.5. The van der Waals surface area contributed by atoms with E-state index in [9.17, 15) is 5.11 Å². The quantitative estimate of drug-likeness (QED) is 0.921. The molecule has 0 saturated carbocycles. The Morgan fingerprint density at radius 2 is 2.10 bits per heavy atom. The average molecular weight is 294 g/mol. The molecule has 0 aliphatic heterocycles. The van der Waals surface area contributed by atoms with Gasteiger partial charge in [-0.1, -0.05) is 24.6 Å². The van der Waals surface area contributed by atoms with Gasteiger partial charge >= 0.3 is 0 Å². The lowest BCUT2D eigenvalue weighted by atomic mass is 10.1. The van der Waals surface area contributed by atoms with Crippen molar-refractivity contribution in [2.75, 3.05) is 0 Å². The van der Waals surface area contributed by atoms with E-state index in [-0.39, 0.29) is 0 Å². The number of halogens is 1. The Morgan fingerprint density at radius 1 is 1.35 bits per heavy atom. The van der Waals surface area contributed by atoms with Crippen molar-refractivity contribution in [3.05, 3.63) is 46.0 Å². The zero-order chi connectivity index (χ0) is 14.7. The molecule has 0 amide bonds. The first kappa shape index (κ1) is 15.0. The van der Waals surface area contributed by atoms with Gasteiger partial charge in [-0.05, 0) is 31.9 Å². The summed E-state index contributed by atoms with van der Waals surface area (Å²) in [5, 5.41) is 15.5. The van der Waals surface area contributed by atoms with Crippen LogP contribution in [0.2, 0.25) is 5.02 Å². The molecule has 2 aromatic rings. The van der Waals surface area contributed by atoms with E-state index >= 15 is 0 Å². The number of aryl methyl sites for hydroxylation is 3. The Kier molecular flexibility index (Phi) is 4.78. The van der Waals surface area contributed by atoms with Crippen LogP contribution in [0, 0.1) is 6.92 Å². The number of rotatable bonds is 5. The van der Waals surface area contributed by atoms with Crippen molar-refractivity contribution in [3.63, 3.8) is 0 Å².